The summed E-state index contributed by atoms with van der Waals surface area (Å²) in [6, 6.07) is 7.49. The monoisotopic (exact) mass is 415 g/mol. The minimum Gasteiger partial charge on any atom is -0.338 e. The molecular weight excluding hydrogens is 393 g/mol. The number of aromatic nitrogens is 2. The van der Waals surface area contributed by atoms with Gasteiger partial charge in [0, 0.05) is 12.6 Å². The SMILES string of the molecule is CCC1CCCCN1C(=O)Cn1c(=O)n(-c2ccccc2F)c(=O)c2sccc21. The van der Waals surface area contributed by atoms with Crippen molar-refractivity contribution in [1.29, 1.82) is 0 Å². The third-order valence-corrected chi connectivity index (χ3v) is 6.45. The second kappa shape index (κ2) is 7.94. The maximum Gasteiger partial charge on any atom is 0.336 e. The van der Waals surface area contributed by atoms with E-state index in [-0.39, 0.29) is 24.2 Å². The molecule has 1 atom stereocenters. The standard InChI is InChI=1S/C21H22FN3O3S/c1-2-14-7-5-6-11-23(14)18(26)13-24-17-10-12-29-19(17)20(27)25(21(24)28)16-9-4-3-8-15(16)22/h3-4,8-10,12,14H,2,5-7,11,13H2,1H3. The summed E-state index contributed by atoms with van der Waals surface area (Å²) in [5.74, 6) is -0.813. The van der Waals surface area contributed by atoms with E-state index >= 15 is 0 Å². The lowest BCUT2D eigenvalue weighted by Gasteiger charge is -2.35. The summed E-state index contributed by atoms with van der Waals surface area (Å²) >= 11 is 1.18. The molecule has 3 heterocycles. The van der Waals surface area contributed by atoms with Crippen LogP contribution >= 0.6 is 11.3 Å². The van der Waals surface area contributed by atoms with Gasteiger partial charge in [-0.05, 0) is 49.3 Å². The average molecular weight is 415 g/mol. The molecular formula is C21H22FN3O3S. The largest absolute Gasteiger partial charge is 0.338 e. The molecule has 1 unspecified atom stereocenters. The Kier molecular flexibility index (Phi) is 5.36. The Morgan fingerprint density at radius 1 is 1.21 bits per heavy atom. The molecule has 0 saturated carbocycles. The minimum absolute atomic E-state index is 0.108. The number of hydrogen-bond donors (Lipinski definition) is 0. The zero-order chi connectivity index (χ0) is 20.5. The molecule has 1 aliphatic heterocycles. The van der Waals surface area contributed by atoms with Gasteiger partial charge >= 0.3 is 5.69 Å². The Balaban J connectivity index is 1.84. The van der Waals surface area contributed by atoms with Crippen molar-refractivity contribution >= 4 is 27.5 Å². The molecule has 0 radical (unpaired) electrons. The van der Waals surface area contributed by atoms with Gasteiger partial charge in [0.25, 0.3) is 5.56 Å². The zero-order valence-electron chi connectivity index (χ0n) is 16.1. The lowest BCUT2D eigenvalue weighted by Crippen LogP contribution is -2.47. The molecule has 1 fully saturated rings. The minimum atomic E-state index is -0.704. The Morgan fingerprint density at radius 3 is 2.76 bits per heavy atom. The van der Waals surface area contributed by atoms with Crippen molar-refractivity contribution in [1.82, 2.24) is 14.0 Å². The molecule has 1 aliphatic rings. The van der Waals surface area contributed by atoms with Gasteiger partial charge < -0.3 is 4.90 Å². The number of piperidine rings is 1. The highest BCUT2D eigenvalue weighted by molar-refractivity contribution is 7.17. The fourth-order valence-corrected chi connectivity index (χ4v) is 4.89. The molecule has 6 nitrogen and oxygen atoms in total. The van der Waals surface area contributed by atoms with E-state index in [1.165, 1.54) is 34.1 Å². The van der Waals surface area contributed by atoms with E-state index in [0.29, 0.717) is 16.8 Å². The third kappa shape index (κ3) is 3.42. The number of carbonyl (C=O) groups excluding carboxylic acids is 1. The first-order chi connectivity index (χ1) is 14.0. The molecule has 1 saturated heterocycles. The first kappa shape index (κ1) is 19.6. The summed E-state index contributed by atoms with van der Waals surface area (Å²) in [4.78, 5) is 41.0. The van der Waals surface area contributed by atoms with E-state index in [1.54, 1.807) is 17.5 Å². The quantitative estimate of drug-likeness (QED) is 0.658. The van der Waals surface area contributed by atoms with E-state index in [1.807, 2.05) is 4.90 Å². The molecule has 1 aromatic carbocycles. The molecule has 8 heteroatoms. The number of fused-ring (bicyclic) bond motifs is 1. The van der Waals surface area contributed by atoms with Crippen molar-refractivity contribution in [2.75, 3.05) is 6.54 Å². The Morgan fingerprint density at radius 2 is 2.00 bits per heavy atom. The van der Waals surface area contributed by atoms with Crippen LogP contribution < -0.4 is 11.2 Å². The molecule has 29 heavy (non-hydrogen) atoms. The van der Waals surface area contributed by atoms with Gasteiger partial charge in [-0.3, -0.25) is 14.2 Å². The van der Waals surface area contributed by atoms with Crippen molar-refractivity contribution in [2.24, 2.45) is 0 Å². The highest BCUT2D eigenvalue weighted by atomic mass is 32.1. The second-order valence-corrected chi connectivity index (χ2v) is 8.16. The second-order valence-electron chi connectivity index (χ2n) is 7.24. The van der Waals surface area contributed by atoms with Crippen molar-refractivity contribution < 1.29 is 9.18 Å². The molecule has 3 aromatic rings. The molecule has 0 bridgehead atoms. The van der Waals surface area contributed by atoms with E-state index in [0.717, 1.165) is 30.3 Å². The van der Waals surface area contributed by atoms with E-state index in [9.17, 15) is 18.8 Å². The Hall–Kier alpha value is -2.74. The van der Waals surface area contributed by atoms with Crippen molar-refractivity contribution in [2.45, 2.75) is 45.2 Å². The van der Waals surface area contributed by atoms with Gasteiger partial charge in [-0.1, -0.05) is 19.1 Å². The molecule has 2 aromatic heterocycles. The molecule has 0 N–H and O–H groups in total. The number of benzene rings is 1. The average Bonchev–Trinajstić information content (AvgIpc) is 3.22. The van der Waals surface area contributed by atoms with Gasteiger partial charge in [0.1, 0.15) is 17.1 Å². The lowest BCUT2D eigenvalue weighted by molar-refractivity contribution is -0.135. The molecule has 0 spiro atoms. The van der Waals surface area contributed by atoms with Crippen molar-refractivity contribution in [3.63, 3.8) is 0 Å². The fraction of sp³-hybridized carbons (Fsp3) is 0.381. The number of carbonyl (C=O) groups is 1. The number of para-hydroxylation sites is 1. The van der Waals surface area contributed by atoms with Crippen LogP contribution in [0, 0.1) is 5.82 Å². The smallest absolute Gasteiger partial charge is 0.336 e. The molecule has 0 aliphatic carbocycles. The fourth-order valence-electron chi connectivity index (χ4n) is 4.07. The highest BCUT2D eigenvalue weighted by Gasteiger charge is 2.27. The van der Waals surface area contributed by atoms with Gasteiger partial charge in [0.15, 0.2) is 0 Å². The molecule has 4 rings (SSSR count). The van der Waals surface area contributed by atoms with Gasteiger partial charge in [0.05, 0.1) is 11.2 Å². The maximum atomic E-state index is 14.4. The van der Waals surface area contributed by atoms with Gasteiger partial charge in [-0.25, -0.2) is 13.8 Å². The van der Waals surface area contributed by atoms with Gasteiger partial charge in [-0.15, -0.1) is 11.3 Å². The number of hydrogen-bond acceptors (Lipinski definition) is 4. The predicted molar refractivity (Wildman–Crippen MR) is 111 cm³/mol. The summed E-state index contributed by atoms with van der Waals surface area (Å²) in [5, 5.41) is 1.70. The highest BCUT2D eigenvalue weighted by Crippen LogP contribution is 2.21. The molecule has 152 valence electrons. The first-order valence-electron chi connectivity index (χ1n) is 9.80. The van der Waals surface area contributed by atoms with Crippen LogP contribution in [-0.4, -0.2) is 32.5 Å². The predicted octanol–water partition coefficient (Wildman–Crippen LogP) is 3.14. The number of rotatable bonds is 4. The lowest BCUT2D eigenvalue weighted by atomic mass is 10.00. The van der Waals surface area contributed by atoms with Crippen LogP contribution in [0.25, 0.3) is 15.9 Å². The normalized spacial score (nSPS) is 17.0. The van der Waals surface area contributed by atoms with E-state index < -0.39 is 17.1 Å². The summed E-state index contributed by atoms with van der Waals surface area (Å²) in [7, 11) is 0. The maximum absolute atomic E-state index is 14.4. The Bertz CT molecular complexity index is 1180. The number of thiophene rings is 1. The third-order valence-electron chi connectivity index (χ3n) is 5.56. The van der Waals surface area contributed by atoms with Crippen LogP contribution in [0.5, 0.6) is 0 Å². The molecule has 1 amide bonds. The van der Waals surface area contributed by atoms with Crippen LogP contribution in [0.4, 0.5) is 4.39 Å². The van der Waals surface area contributed by atoms with Crippen LogP contribution in [-0.2, 0) is 11.3 Å². The summed E-state index contributed by atoms with van der Waals surface area (Å²) < 4.78 is 16.8. The van der Waals surface area contributed by atoms with Crippen molar-refractivity contribution in [3.05, 3.63) is 62.4 Å². The first-order valence-corrected chi connectivity index (χ1v) is 10.7. The zero-order valence-corrected chi connectivity index (χ0v) is 17.0. The van der Waals surface area contributed by atoms with Crippen LogP contribution in [0.2, 0.25) is 0 Å². The van der Waals surface area contributed by atoms with Gasteiger partial charge in [-0.2, -0.15) is 0 Å². The number of amides is 1. The van der Waals surface area contributed by atoms with Gasteiger partial charge in [0.2, 0.25) is 5.91 Å². The topological polar surface area (TPSA) is 64.3 Å². The summed E-state index contributed by atoms with van der Waals surface area (Å²) in [6.45, 7) is 2.56. The number of likely N-dealkylation sites (tertiary alicyclic amines) is 1. The van der Waals surface area contributed by atoms with Crippen LogP contribution in [0.3, 0.4) is 0 Å². The summed E-state index contributed by atoms with van der Waals surface area (Å²) in [5.41, 5.74) is -0.970. The van der Waals surface area contributed by atoms with E-state index in [4.69, 9.17) is 0 Å². The number of nitrogens with zero attached hydrogens (tertiary/aromatic N) is 3. The number of halogens is 1. The Labute approximate surface area is 170 Å². The van der Waals surface area contributed by atoms with Crippen molar-refractivity contribution in [3.8, 4) is 5.69 Å². The van der Waals surface area contributed by atoms with Crippen LogP contribution in [0.15, 0.2) is 45.3 Å². The summed E-state index contributed by atoms with van der Waals surface area (Å²) in [6.07, 6.45) is 3.86. The van der Waals surface area contributed by atoms with E-state index in [2.05, 4.69) is 6.92 Å². The van der Waals surface area contributed by atoms with Crippen LogP contribution in [0.1, 0.15) is 32.6 Å².